The lowest BCUT2D eigenvalue weighted by molar-refractivity contribution is 0.0310. The molecule has 0 spiro atoms. The first-order chi connectivity index (χ1) is 16.0. The summed E-state index contributed by atoms with van der Waals surface area (Å²) in [6.07, 6.45) is 5.62. The van der Waals surface area contributed by atoms with Crippen LogP contribution in [0, 0.1) is 28.6 Å². The normalized spacial score (nSPS) is 30.1. The number of nitrogen functional groups attached to an aromatic ring is 3. The number of fused-ring (bicyclic) bond motifs is 7. The number of benzene rings is 1. The number of quaternary nitrogens is 1. The van der Waals surface area contributed by atoms with Crippen LogP contribution in [0.25, 0.3) is 0 Å². The second-order valence-electron chi connectivity index (χ2n) is 10.6. The van der Waals surface area contributed by atoms with E-state index in [9.17, 15) is 0 Å². The van der Waals surface area contributed by atoms with Crippen molar-refractivity contribution in [2.45, 2.75) is 58.4 Å². The van der Waals surface area contributed by atoms with Crippen LogP contribution in [0.5, 0.6) is 0 Å². The van der Waals surface area contributed by atoms with E-state index in [0.717, 1.165) is 16.8 Å². The third-order valence-corrected chi connectivity index (χ3v) is 9.09. The summed E-state index contributed by atoms with van der Waals surface area (Å²) in [6.45, 7) is 8.18. The Kier molecular flexibility index (Phi) is 5.75. The minimum Gasteiger partial charge on any atom is -0.398 e. The Bertz CT molecular complexity index is 1170. The molecule has 2 heterocycles. The topological polar surface area (TPSA) is 139 Å². The summed E-state index contributed by atoms with van der Waals surface area (Å²) in [5.74, 6) is 2.42. The number of anilines is 2. The summed E-state index contributed by atoms with van der Waals surface area (Å²) in [5.41, 5.74) is 24.1. The van der Waals surface area contributed by atoms with E-state index >= 15 is 0 Å². The highest BCUT2D eigenvalue weighted by atomic mass is 15.4. The van der Waals surface area contributed by atoms with Crippen molar-refractivity contribution in [3.8, 4) is 0 Å². The van der Waals surface area contributed by atoms with Gasteiger partial charge in [-0.25, -0.2) is 4.98 Å². The van der Waals surface area contributed by atoms with Crippen LogP contribution in [-0.2, 0) is 5.54 Å². The summed E-state index contributed by atoms with van der Waals surface area (Å²) in [6, 6.07) is 6.03. The van der Waals surface area contributed by atoms with Gasteiger partial charge in [0.05, 0.1) is 20.3 Å². The van der Waals surface area contributed by atoms with E-state index in [1.54, 1.807) is 0 Å². The maximum atomic E-state index is 8.51. The minimum atomic E-state index is -0.263. The molecular formula is C27H40N7+. The van der Waals surface area contributed by atoms with Crippen LogP contribution >= 0.6 is 0 Å². The lowest BCUT2D eigenvalue weighted by atomic mass is 9.59. The summed E-state index contributed by atoms with van der Waals surface area (Å²) in [4.78, 5) is 4.55. The fourth-order valence-electron chi connectivity index (χ4n) is 7.47. The maximum Gasteiger partial charge on any atom is 0.156 e. The van der Waals surface area contributed by atoms with Crippen molar-refractivity contribution in [3.63, 3.8) is 0 Å². The molecule has 1 aromatic carbocycles. The Balaban J connectivity index is 0.00000133. The second-order valence-corrected chi connectivity index (χ2v) is 10.6. The molecule has 3 aliphatic rings. The quantitative estimate of drug-likeness (QED) is 0.197. The molecule has 2 bridgehead atoms. The molecule has 2 unspecified atom stereocenters. The van der Waals surface area contributed by atoms with E-state index < -0.39 is 0 Å². The molecule has 5 rings (SSSR count). The van der Waals surface area contributed by atoms with E-state index in [-0.39, 0.29) is 11.4 Å². The molecule has 182 valence electrons. The van der Waals surface area contributed by atoms with E-state index in [4.69, 9.17) is 28.0 Å². The number of nitrogens with one attached hydrogen (secondary N) is 2. The maximum absolute atomic E-state index is 8.51. The summed E-state index contributed by atoms with van der Waals surface area (Å²) in [5, 5.41) is 16.6. The van der Waals surface area contributed by atoms with Crippen molar-refractivity contribution in [2.75, 3.05) is 25.6 Å². The van der Waals surface area contributed by atoms with Gasteiger partial charge >= 0.3 is 0 Å². The summed E-state index contributed by atoms with van der Waals surface area (Å²) < 4.78 is 0.599. The molecular weight excluding hydrogens is 422 g/mol. The zero-order valence-electron chi connectivity index (χ0n) is 21.4. The number of hydrogen-bond donors (Lipinski definition) is 5. The van der Waals surface area contributed by atoms with Gasteiger partial charge in [0.25, 0.3) is 0 Å². The fourth-order valence-corrected chi connectivity index (χ4v) is 7.47. The zero-order chi connectivity index (χ0) is 25.2. The first-order valence-electron chi connectivity index (χ1n) is 12.4. The molecule has 2 aliphatic carbocycles. The fraction of sp³-hybridized carbons (Fsp3) is 0.519. The highest BCUT2D eigenvalue weighted by Gasteiger charge is 2.66. The van der Waals surface area contributed by atoms with Gasteiger partial charge in [-0.3, -0.25) is 9.89 Å². The van der Waals surface area contributed by atoms with Crippen molar-refractivity contribution < 1.29 is 0 Å². The molecule has 0 saturated heterocycles. The van der Waals surface area contributed by atoms with Gasteiger partial charge in [0, 0.05) is 45.5 Å². The number of hydrogen-bond acceptors (Lipinski definition) is 5. The van der Waals surface area contributed by atoms with Crippen molar-refractivity contribution in [1.29, 1.82) is 10.8 Å². The molecule has 0 radical (unpaired) electrons. The predicted molar refractivity (Wildman–Crippen MR) is 142 cm³/mol. The molecule has 2 aromatic rings. The van der Waals surface area contributed by atoms with Crippen LogP contribution in [0.3, 0.4) is 0 Å². The molecule has 7 nitrogen and oxygen atoms in total. The Labute approximate surface area is 203 Å². The van der Waals surface area contributed by atoms with E-state index in [2.05, 4.69) is 32.1 Å². The Morgan fingerprint density at radius 3 is 2.38 bits per heavy atom. The monoisotopic (exact) mass is 462 g/mol. The lowest BCUT2D eigenvalue weighted by Gasteiger charge is -2.58. The van der Waals surface area contributed by atoms with E-state index in [0.29, 0.717) is 50.9 Å². The van der Waals surface area contributed by atoms with Crippen LogP contribution in [0.4, 0.5) is 17.2 Å². The van der Waals surface area contributed by atoms with Crippen molar-refractivity contribution >= 4 is 28.7 Å². The molecule has 2 saturated carbocycles. The zero-order valence-corrected chi connectivity index (χ0v) is 21.4. The molecule has 7 heteroatoms. The molecule has 8 N–H and O–H groups in total. The predicted octanol–water partition coefficient (Wildman–Crippen LogP) is 4.57. The number of nitrogens with two attached hydrogens (primary N) is 3. The highest BCUT2D eigenvalue weighted by Crippen LogP contribution is 2.68. The van der Waals surface area contributed by atoms with Gasteiger partial charge < -0.3 is 22.6 Å². The second kappa shape index (κ2) is 8.08. The minimum absolute atomic E-state index is 0.00452. The van der Waals surface area contributed by atoms with Gasteiger partial charge in [-0.1, -0.05) is 19.9 Å². The molecule has 2 fully saturated rings. The first-order valence-corrected chi connectivity index (χ1v) is 12.4. The summed E-state index contributed by atoms with van der Waals surface area (Å²) >= 11 is 0. The average Bonchev–Trinajstić information content (AvgIpc) is 3.40. The van der Waals surface area contributed by atoms with Gasteiger partial charge in [0.1, 0.15) is 17.2 Å². The number of amidine groups is 1. The molecule has 34 heavy (non-hydrogen) atoms. The van der Waals surface area contributed by atoms with Crippen LogP contribution < -0.4 is 21.7 Å². The van der Waals surface area contributed by atoms with Crippen LogP contribution in [0.15, 0.2) is 24.4 Å². The first kappa shape index (κ1) is 24.2. The number of aromatic nitrogens is 1. The van der Waals surface area contributed by atoms with Crippen molar-refractivity contribution in [3.05, 3.63) is 46.6 Å². The standard InChI is InChI=1S/C25H34N7.C2H6/c1-12(26)19-21-18(11-31-24(19)30)32(3,4)25(2,22-14-6-5-13(9-14)20(21)22)15-7-8-17(27)16(10-15)23(28)29;1-2/h7-8,10-11,13-14,20,22,26H,5-6,9,27H2,1-4H3,(H3,28,29)(H2,30,31);1-2H3/q+1;/t13-,14?,20-,22-,25?;/m1./s1. The molecule has 1 aliphatic heterocycles. The van der Waals surface area contributed by atoms with Crippen molar-refractivity contribution in [2.24, 2.45) is 23.5 Å². The van der Waals surface area contributed by atoms with Gasteiger partial charge in [0.15, 0.2) is 5.69 Å². The smallest absolute Gasteiger partial charge is 0.156 e. The summed E-state index contributed by atoms with van der Waals surface area (Å²) in [7, 11) is 4.48. The Morgan fingerprint density at radius 1 is 1.12 bits per heavy atom. The number of nitrogens with zero attached hydrogens (tertiary/aromatic N) is 2. The van der Waals surface area contributed by atoms with Gasteiger partial charge in [-0.15, -0.1) is 0 Å². The van der Waals surface area contributed by atoms with Gasteiger partial charge in [-0.2, -0.15) is 0 Å². The Morgan fingerprint density at radius 2 is 1.76 bits per heavy atom. The van der Waals surface area contributed by atoms with Crippen LogP contribution in [0.1, 0.15) is 75.1 Å². The molecule has 1 aromatic heterocycles. The molecule has 5 atom stereocenters. The van der Waals surface area contributed by atoms with Crippen LogP contribution in [-0.4, -0.2) is 30.6 Å². The van der Waals surface area contributed by atoms with Crippen molar-refractivity contribution in [1.82, 2.24) is 9.47 Å². The average molecular weight is 463 g/mol. The van der Waals surface area contributed by atoms with E-state index in [1.807, 2.05) is 39.1 Å². The van der Waals surface area contributed by atoms with E-state index in [1.165, 1.54) is 24.8 Å². The largest absolute Gasteiger partial charge is 0.398 e. The SMILES string of the molecule is CC.CC(=N)c1c(N)ncc2c1[C@H]1[C@@H]3CCC(C3)[C@H]1C(C)(c1ccc(N)c(C(=N)N)c1)[N+]2(C)C. The number of pyridine rings is 1. The third kappa shape index (κ3) is 3.02. The van der Waals surface area contributed by atoms with Gasteiger partial charge in [0.2, 0.25) is 0 Å². The third-order valence-electron chi connectivity index (χ3n) is 9.09. The lowest BCUT2D eigenvalue weighted by Crippen LogP contribution is -2.65. The van der Waals surface area contributed by atoms with Gasteiger partial charge in [-0.05, 0) is 57.1 Å². The molecule has 0 amide bonds. The number of rotatable bonds is 3. The highest BCUT2D eigenvalue weighted by molar-refractivity contribution is 6.03. The Hall–Kier alpha value is -2.93. The van der Waals surface area contributed by atoms with Crippen LogP contribution in [0.2, 0.25) is 0 Å².